The zero-order chi connectivity index (χ0) is 12.1. The summed E-state index contributed by atoms with van der Waals surface area (Å²) in [4.78, 5) is 0. The van der Waals surface area contributed by atoms with Crippen molar-refractivity contribution in [2.75, 3.05) is 0 Å². The summed E-state index contributed by atoms with van der Waals surface area (Å²) in [5.41, 5.74) is 2.33. The fourth-order valence-electron chi connectivity index (χ4n) is 1.58. The van der Waals surface area contributed by atoms with Gasteiger partial charge >= 0.3 is 0 Å². The summed E-state index contributed by atoms with van der Waals surface area (Å²) < 4.78 is 0. The van der Waals surface area contributed by atoms with Crippen molar-refractivity contribution in [3.8, 4) is 12.1 Å². The maximum atomic E-state index is 9.07. The standard InChI is InChI=1S/C13H13ClN2/c1-3-9(2)12-7-13(14)10(4-5-15)6-11(12)8-16/h6-7,9H,3-4H2,1-2H3. The topological polar surface area (TPSA) is 47.6 Å². The molecule has 0 radical (unpaired) electrons. The first-order valence-electron chi connectivity index (χ1n) is 5.23. The molecule has 0 aliphatic heterocycles. The molecule has 0 amide bonds. The Hall–Kier alpha value is -1.51. The normalized spacial score (nSPS) is 11.6. The van der Waals surface area contributed by atoms with Gasteiger partial charge in [-0.25, -0.2) is 0 Å². The highest BCUT2D eigenvalue weighted by Gasteiger charge is 2.12. The van der Waals surface area contributed by atoms with Gasteiger partial charge in [0.2, 0.25) is 0 Å². The van der Waals surface area contributed by atoms with Crippen LogP contribution in [0, 0.1) is 22.7 Å². The summed E-state index contributed by atoms with van der Waals surface area (Å²) in [6.07, 6.45) is 1.21. The number of benzene rings is 1. The Morgan fingerprint density at radius 2 is 2.06 bits per heavy atom. The molecule has 1 aromatic carbocycles. The fraction of sp³-hybridized carbons (Fsp3) is 0.385. The summed E-state index contributed by atoms with van der Waals surface area (Å²) in [6.45, 7) is 4.14. The van der Waals surface area contributed by atoms with E-state index in [1.54, 1.807) is 6.07 Å². The Bertz CT molecular complexity index is 466. The van der Waals surface area contributed by atoms with Crippen molar-refractivity contribution < 1.29 is 0 Å². The highest BCUT2D eigenvalue weighted by molar-refractivity contribution is 6.31. The highest BCUT2D eigenvalue weighted by Crippen LogP contribution is 2.28. The predicted molar refractivity (Wildman–Crippen MR) is 64.2 cm³/mol. The molecule has 0 aliphatic carbocycles. The SMILES string of the molecule is CCC(C)c1cc(Cl)c(CC#N)cc1C#N. The Kier molecular flexibility index (Phi) is 4.35. The molecule has 3 heteroatoms. The molecular formula is C13H13ClN2. The van der Waals surface area contributed by atoms with Gasteiger partial charge in [0.15, 0.2) is 0 Å². The third-order valence-electron chi connectivity index (χ3n) is 2.75. The zero-order valence-corrected chi connectivity index (χ0v) is 10.2. The van der Waals surface area contributed by atoms with E-state index in [0.29, 0.717) is 16.5 Å². The first-order valence-corrected chi connectivity index (χ1v) is 5.61. The largest absolute Gasteiger partial charge is 0.198 e. The lowest BCUT2D eigenvalue weighted by molar-refractivity contribution is 0.731. The highest BCUT2D eigenvalue weighted by atomic mass is 35.5. The zero-order valence-electron chi connectivity index (χ0n) is 9.42. The lowest BCUT2D eigenvalue weighted by Crippen LogP contribution is -1.98. The van der Waals surface area contributed by atoms with Gasteiger partial charge in [-0.1, -0.05) is 25.4 Å². The summed E-state index contributed by atoms with van der Waals surface area (Å²) in [5, 5.41) is 18.3. The summed E-state index contributed by atoms with van der Waals surface area (Å²) in [7, 11) is 0. The number of hydrogen-bond acceptors (Lipinski definition) is 2. The molecule has 0 aromatic heterocycles. The summed E-state index contributed by atoms with van der Waals surface area (Å²) >= 11 is 6.08. The van der Waals surface area contributed by atoms with Crippen LogP contribution in [0.2, 0.25) is 5.02 Å². The Morgan fingerprint density at radius 3 is 2.56 bits per heavy atom. The molecule has 82 valence electrons. The molecule has 1 rings (SSSR count). The molecule has 0 bridgehead atoms. The summed E-state index contributed by atoms with van der Waals surface area (Å²) in [6, 6.07) is 7.76. The number of hydrogen-bond donors (Lipinski definition) is 0. The van der Waals surface area contributed by atoms with Gasteiger partial charge in [-0.3, -0.25) is 0 Å². The Balaban J connectivity index is 3.29. The number of nitrogens with zero attached hydrogens (tertiary/aromatic N) is 2. The molecular weight excluding hydrogens is 220 g/mol. The Labute approximate surface area is 101 Å². The van der Waals surface area contributed by atoms with Crippen LogP contribution in [-0.2, 0) is 6.42 Å². The van der Waals surface area contributed by atoms with Crippen LogP contribution in [-0.4, -0.2) is 0 Å². The number of nitriles is 2. The average molecular weight is 233 g/mol. The smallest absolute Gasteiger partial charge is 0.0994 e. The third kappa shape index (κ3) is 2.54. The minimum absolute atomic E-state index is 0.244. The van der Waals surface area contributed by atoms with Crippen molar-refractivity contribution in [2.24, 2.45) is 0 Å². The second-order valence-corrected chi connectivity index (χ2v) is 4.19. The lowest BCUT2D eigenvalue weighted by atomic mass is 9.92. The van der Waals surface area contributed by atoms with Crippen LogP contribution in [0.25, 0.3) is 0 Å². The van der Waals surface area contributed by atoms with Crippen molar-refractivity contribution in [3.05, 3.63) is 33.8 Å². The molecule has 0 fully saturated rings. The van der Waals surface area contributed by atoms with Crippen LogP contribution >= 0.6 is 11.6 Å². The van der Waals surface area contributed by atoms with Crippen LogP contribution in [0.1, 0.15) is 42.9 Å². The first kappa shape index (κ1) is 12.6. The van der Waals surface area contributed by atoms with Gasteiger partial charge in [-0.15, -0.1) is 0 Å². The maximum Gasteiger partial charge on any atom is 0.0994 e. The van der Waals surface area contributed by atoms with Crippen LogP contribution < -0.4 is 0 Å². The summed E-state index contributed by atoms with van der Waals surface area (Å²) in [5.74, 6) is 0.309. The van der Waals surface area contributed by atoms with E-state index in [0.717, 1.165) is 17.5 Å². The van der Waals surface area contributed by atoms with Gasteiger partial charge in [-0.2, -0.15) is 10.5 Å². The van der Waals surface area contributed by atoms with Gasteiger partial charge in [0, 0.05) is 5.02 Å². The molecule has 0 spiro atoms. The minimum atomic E-state index is 0.244. The predicted octanol–water partition coefficient (Wildman–Crippen LogP) is 3.79. The third-order valence-corrected chi connectivity index (χ3v) is 3.10. The molecule has 0 saturated heterocycles. The average Bonchev–Trinajstić information content (AvgIpc) is 2.30. The number of rotatable bonds is 3. The maximum absolute atomic E-state index is 9.07. The monoisotopic (exact) mass is 232 g/mol. The Morgan fingerprint density at radius 1 is 1.38 bits per heavy atom. The van der Waals surface area contributed by atoms with E-state index in [1.807, 2.05) is 12.1 Å². The molecule has 0 aliphatic rings. The molecule has 2 nitrogen and oxygen atoms in total. The number of halogens is 1. The first-order chi connectivity index (χ1) is 7.63. The molecule has 0 heterocycles. The lowest BCUT2D eigenvalue weighted by Gasteiger charge is -2.13. The van der Waals surface area contributed by atoms with Gasteiger partial charge in [-0.05, 0) is 35.6 Å². The van der Waals surface area contributed by atoms with E-state index in [1.165, 1.54) is 0 Å². The fourth-order valence-corrected chi connectivity index (χ4v) is 1.82. The van der Waals surface area contributed by atoms with Crippen molar-refractivity contribution in [2.45, 2.75) is 32.6 Å². The van der Waals surface area contributed by atoms with E-state index >= 15 is 0 Å². The molecule has 1 unspecified atom stereocenters. The van der Waals surface area contributed by atoms with Gasteiger partial charge in [0.05, 0.1) is 24.1 Å². The van der Waals surface area contributed by atoms with E-state index in [-0.39, 0.29) is 6.42 Å². The van der Waals surface area contributed by atoms with E-state index < -0.39 is 0 Å². The van der Waals surface area contributed by atoms with Crippen molar-refractivity contribution in [3.63, 3.8) is 0 Å². The van der Waals surface area contributed by atoms with Crippen LogP contribution in [0.3, 0.4) is 0 Å². The molecule has 16 heavy (non-hydrogen) atoms. The second-order valence-electron chi connectivity index (χ2n) is 3.79. The quantitative estimate of drug-likeness (QED) is 0.796. The van der Waals surface area contributed by atoms with Gasteiger partial charge in [0.1, 0.15) is 0 Å². The van der Waals surface area contributed by atoms with Gasteiger partial charge in [0.25, 0.3) is 0 Å². The molecule has 1 aromatic rings. The minimum Gasteiger partial charge on any atom is -0.198 e. The van der Waals surface area contributed by atoms with Crippen LogP contribution in [0.15, 0.2) is 12.1 Å². The molecule has 0 N–H and O–H groups in total. The van der Waals surface area contributed by atoms with Crippen molar-refractivity contribution in [1.82, 2.24) is 0 Å². The van der Waals surface area contributed by atoms with Crippen LogP contribution in [0.4, 0.5) is 0 Å². The molecule has 1 atom stereocenters. The van der Waals surface area contributed by atoms with Gasteiger partial charge < -0.3 is 0 Å². The van der Waals surface area contributed by atoms with E-state index in [2.05, 4.69) is 19.9 Å². The van der Waals surface area contributed by atoms with E-state index in [4.69, 9.17) is 22.1 Å². The van der Waals surface area contributed by atoms with Crippen molar-refractivity contribution >= 4 is 11.6 Å². The van der Waals surface area contributed by atoms with E-state index in [9.17, 15) is 0 Å². The molecule has 0 saturated carbocycles. The second kappa shape index (κ2) is 5.54. The van der Waals surface area contributed by atoms with Crippen molar-refractivity contribution in [1.29, 1.82) is 10.5 Å². The van der Waals surface area contributed by atoms with Crippen LogP contribution in [0.5, 0.6) is 0 Å².